The lowest BCUT2D eigenvalue weighted by molar-refractivity contribution is -0.121. The third kappa shape index (κ3) is 7.27. The molecule has 8 nitrogen and oxygen atoms in total. The van der Waals surface area contributed by atoms with Crippen LogP contribution >= 0.6 is 0 Å². The molecule has 0 aliphatic heterocycles. The van der Waals surface area contributed by atoms with Crippen LogP contribution in [0.5, 0.6) is 5.75 Å². The standard InChI is InChI=1S/C25H24N4O4S/c1-19-7-13-23(14-8-19)34(31,32)29-24(21-5-3-2-4-6-21)17-25(30)28-27-18-20-9-11-22(12-10-20)33-16-15-26/h2-14,18,24,29H,16-17H2,1H3,(H,28,30)/b27-18-/t24-/m0/s1. The number of hydrazone groups is 1. The summed E-state index contributed by atoms with van der Waals surface area (Å²) in [4.78, 5) is 12.7. The summed E-state index contributed by atoms with van der Waals surface area (Å²) < 4.78 is 33.6. The average Bonchev–Trinajstić information content (AvgIpc) is 2.84. The van der Waals surface area contributed by atoms with Gasteiger partial charge in [-0.15, -0.1) is 0 Å². The molecule has 0 fully saturated rings. The van der Waals surface area contributed by atoms with Crippen molar-refractivity contribution < 1.29 is 17.9 Å². The second-order valence-corrected chi connectivity index (χ2v) is 9.12. The normalized spacial score (nSPS) is 12.1. The minimum absolute atomic E-state index is 0.0419. The summed E-state index contributed by atoms with van der Waals surface area (Å²) in [5.74, 6) is 0.0972. The van der Waals surface area contributed by atoms with Gasteiger partial charge in [-0.1, -0.05) is 48.0 Å². The number of benzene rings is 3. The zero-order valence-electron chi connectivity index (χ0n) is 18.5. The van der Waals surface area contributed by atoms with Crippen LogP contribution < -0.4 is 14.9 Å². The summed E-state index contributed by atoms with van der Waals surface area (Å²) in [7, 11) is -3.84. The van der Waals surface area contributed by atoms with E-state index in [0.29, 0.717) is 16.9 Å². The zero-order valence-corrected chi connectivity index (χ0v) is 19.3. The highest BCUT2D eigenvalue weighted by atomic mass is 32.2. The van der Waals surface area contributed by atoms with E-state index >= 15 is 0 Å². The Hall–Kier alpha value is -4.00. The van der Waals surface area contributed by atoms with Gasteiger partial charge in [-0.3, -0.25) is 4.79 Å². The Balaban J connectivity index is 1.67. The smallest absolute Gasteiger partial charge is 0.242 e. The number of nitriles is 1. The third-order valence-electron chi connectivity index (χ3n) is 4.81. The molecule has 0 saturated carbocycles. The number of rotatable bonds is 10. The quantitative estimate of drug-likeness (QED) is 0.343. The number of hydrogen-bond acceptors (Lipinski definition) is 6. The van der Waals surface area contributed by atoms with Gasteiger partial charge in [-0.2, -0.15) is 10.4 Å². The number of carbonyl (C=O) groups excluding carboxylic acids is 1. The van der Waals surface area contributed by atoms with Crippen LogP contribution in [0.1, 0.15) is 29.2 Å². The average molecular weight is 477 g/mol. The van der Waals surface area contributed by atoms with Crippen LogP contribution in [0.2, 0.25) is 0 Å². The van der Waals surface area contributed by atoms with E-state index in [2.05, 4.69) is 15.2 Å². The van der Waals surface area contributed by atoms with E-state index in [1.807, 2.05) is 19.1 Å². The maximum absolute atomic E-state index is 12.9. The maximum atomic E-state index is 12.9. The Morgan fingerprint density at radius 1 is 1.06 bits per heavy atom. The fraction of sp³-hybridized carbons (Fsp3) is 0.160. The highest BCUT2D eigenvalue weighted by Crippen LogP contribution is 2.21. The van der Waals surface area contributed by atoms with Crippen molar-refractivity contribution in [1.29, 1.82) is 5.26 Å². The molecule has 1 amide bonds. The molecule has 3 aromatic carbocycles. The van der Waals surface area contributed by atoms with Crippen molar-refractivity contribution in [1.82, 2.24) is 10.1 Å². The van der Waals surface area contributed by atoms with Crippen molar-refractivity contribution in [2.75, 3.05) is 6.61 Å². The topological polar surface area (TPSA) is 121 Å². The molecule has 0 spiro atoms. The fourth-order valence-electron chi connectivity index (χ4n) is 3.06. The number of nitrogens with one attached hydrogen (secondary N) is 2. The monoisotopic (exact) mass is 476 g/mol. The lowest BCUT2D eigenvalue weighted by Gasteiger charge is -2.18. The molecule has 0 aromatic heterocycles. The van der Waals surface area contributed by atoms with Gasteiger partial charge in [0.1, 0.15) is 11.8 Å². The van der Waals surface area contributed by atoms with E-state index in [1.165, 1.54) is 18.3 Å². The summed E-state index contributed by atoms with van der Waals surface area (Å²) in [5.41, 5.74) is 4.75. The van der Waals surface area contributed by atoms with Crippen LogP contribution in [0, 0.1) is 18.3 Å². The van der Waals surface area contributed by atoms with Crippen LogP contribution in [0.4, 0.5) is 0 Å². The van der Waals surface area contributed by atoms with Crippen LogP contribution in [0.25, 0.3) is 0 Å². The van der Waals surface area contributed by atoms with Crippen molar-refractivity contribution in [3.8, 4) is 11.8 Å². The Morgan fingerprint density at radius 2 is 1.74 bits per heavy atom. The van der Waals surface area contributed by atoms with E-state index in [0.717, 1.165) is 5.56 Å². The van der Waals surface area contributed by atoms with Gasteiger partial charge in [0.05, 0.1) is 17.2 Å². The third-order valence-corrected chi connectivity index (χ3v) is 6.29. The molecule has 0 aliphatic carbocycles. The minimum atomic E-state index is -3.84. The van der Waals surface area contributed by atoms with E-state index in [9.17, 15) is 13.2 Å². The van der Waals surface area contributed by atoms with Crippen LogP contribution in [0.3, 0.4) is 0 Å². The first-order valence-corrected chi connectivity index (χ1v) is 11.9. The predicted octanol–water partition coefficient (Wildman–Crippen LogP) is 3.46. The number of amides is 1. The molecule has 0 saturated heterocycles. The summed E-state index contributed by atoms with van der Waals surface area (Å²) in [6, 6.07) is 23.3. The zero-order chi connectivity index (χ0) is 24.4. The number of sulfonamides is 1. The molecule has 3 rings (SSSR count). The van der Waals surface area contributed by atoms with Crippen molar-refractivity contribution in [3.05, 3.63) is 95.6 Å². The molecule has 0 bridgehead atoms. The molecular weight excluding hydrogens is 452 g/mol. The van der Waals surface area contributed by atoms with Gasteiger partial charge < -0.3 is 4.74 Å². The molecule has 0 heterocycles. The first kappa shape index (κ1) is 24.6. The number of ether oxygens (including phenoxy) is 1. The van der Waals surface area contributed by atoms with Gasteiger partial charge in [0.2, 0.25) is 15.9 Å². The van der Waals surface area contributed by atoms with Crippen molar-refractivity contribution in [2.24, 2.45) is 5.10 Å². The summed E-state index contributed by atoms with van der Waals surface area (Å²) in [6.07, 6.45) is 1.31. The van der Waals surface area contributed by atoms with E-state index in [1.54, 1.807) is 60.7 Å². The predicted molar refractivity (Wildman–Crippen MR) is 129 cm³/mol. The largest absolute Gasteiger partial charge is 0.479 e. The molecule has 174 valence electrons. The minimum Gasteiger partial charge on any atom is -0.479 e. The lowest BCUT2D eigenvalue weighted by atomic mass is 10.0. The molecule has 0 aliphatic rings. The second kappa shape index (κ2) is 11.7. The van der Waals surface area contributed by atoms with Gasteiger partial charge in [0.15, 0.2) is 6.61 Å². The number of nitrogens with zero attached hydrogens (tertiary/aromatic N) is 2. The summed E-state index contributed by atoms with van der Waals surface area (Å²) >= 11 is 0. The van der Waals surface area contributed by atoms with Gasteiger partial charge in [0, 0.05) is 6.42 Å². The van der Waals surface area contributed by atoms with Crippen LogP contribution in [0.15, 0.2) is 88.9 Å². The number of aryl methyl sites for hydroxylation is 1. The molecule has 2 N–H and O–H groups in total. The Kier molecular flexibility index (Phi) is 8.51. The van der Waals surface area contributed by atoms with Crippen molar-refractivity contribution in [3.63, 3.8) is 0 Å². The van der Waals surface area contributed by atoms with E-state index in [4.69, 9.17) is 10.00 Å². The number of carbonyl (C=O) groups is 1. The lowest BCUT2D eigenvalue weighted by Crippen LogP contribution is -2.32. The molecule has 3 aromatic rings. The molecule has 0 radical (unpaired) electrons. The van der Waals surface area contributed by atoms with Crippen LogP contribution in [-0.4, -0.2) is 27.1 Å². The molecule has 34 heavy (non-hydrogen) atoms. The summed E-state index contributed by atoms with van der Waals surface area (Å²) in [5, 5.41) is 12.5. The van der Waals surface area contributed by atoms with Gasteiger partial charge >= 0.3 is 0 Å². The molecule has 1 atom stereocenters. The van der Waals surface area contributed by atoms with Crippen molar-refractivity contribution >= 4 is 22.1 Å². The van der Waals surface area contributed by atoms with Gasteiger partial charge in [-0.25, -0.2) is 18.6 Å². The fourth-order valence-corrected chi connectivity index (χ4v) is 4.29. The van der Waals surface area contributed by atoms with Crippen LogP contribution in [-0.2, 0) is 14.8 Å². The number of hydrogen-bond donors (Lipinski definition) is 2. The van der Waals surface area contributed by atoms with Crippen molar-refractivity contribution in [2.45, 2.75) is 24.3 Å². The highest BCUT2D eigenvalue weighted by Gasteiger charge is 2.23. The Bertz CT molecular complexity index is 1270. The maximum Gasteiger partial charge on any atom is 0.242 e. The van der Waals surface area contributed by atoms with E-state index < -0.39 is 22.0 Å². The second-order valence-electron chi connectivity index (χ2n) is 7.41. The van der Waals surface area contributed by atoms with Gasteiger partial charge in [-0.05, 0) is 54.4 Å². The molecular formula is C25H24N4O4S. The SMILES string of the molecule is Cc1ccc(S(=O)(=O)N[C@@H](CC(=O)N/N=C\c2ccc(OCC#N)cc2)c2ccccc2)cc1. The van der Waals surface area contributed by atoms with Gasteiger partial charge in [0.25, 0.3) is 0 Å². The first-order chi connectivity index (χ1) is 16.4. The first-order valence-electron chi connectivity index (χ1n) is 10.4. The molecule has 0 unspecified atom stereocenters. The molecule has 9 heteroatoms. The Labute approximate surface area is 198 Å². The summed E-state index contributed by atoms with van der Waals surface area (Å²) in [6.45, 7) is 1.83. The van der Waals surface area contributed by atoms with E-state index in [-0.39, 0.29) is 17.9 Å². The highest BCUT2D eigenvalue weighted by molar-refractivity contribution is 7.89. The Morgan fingerprint density at radius 3 is 2.38 bits per heavy atom.